The van der Waals surface area contributed by atoms with Gasteiger partial charge in [-0.3, -0.25) is 4.79 Å². The van der Waals surface area contributed by atoms with E-state index in [0.29, 0.717) is 12.1 Å². The monoisotopic (exact) mass is 250 g/mol. The number of aliphatic hydroxyl groups excluding tert-OH is 1. The highest BCUT2D eigenvalue weighted by atomic mass is 19.4. The number of benzene rings is 1. The third-order valence-corrected chi connectivity index (χ3v) is 2.16. The average Bonchev–Trinajstić information content (AvgIpc) is 2.23. The van der Waals surface area contributed by atoms with Crippen LogP contribution in [0.2, 0.25) is 0 Å². The minimum atomic E-state index is -4.77. The molecule has 0 atom stereocenters. The summed E-state index contributed by atoms with van der Waals surface area (Å²) in [4.78, 5) is 11.4. The first-order chi connectivity index (χ1) is 7.86. The van der Waals surface area contributed by atoms with Crippen molar-refractivity contribution in [2.24, 2.45) is 0 Å². The third kappa shape index (κ3) is 3.52. The molecule has 94 valence electrons. The highest BCUT2D eigenvalue weighted by Gasteiger charge is 2.34. The lowest BCUT2D eigenvalue weighted by molar-refractivity contribution is -0.140. The van der Waals surface area contributed by atoms with Gasteiger partial charge in [-0.25, -0.2) is 4.39 Å². The van der Waals surface area contributed by atoms with Gasteiger partial charge in [0.05, 0.1) is 5.56 Å². The van der Waals surface area contributed by atoms with Crippen LogP contribution < -0.4 is 0 Å². The van der Waals surface area contributed by atoms with Crippen molar-refractivity contribution >= 4 is 5.78 Å². The maximum atomic E-state index is 13.1. The van der Waals surface area contributed by atoms with E-state index in [4.69, 9.17) is 5.11 Å². The molecule has 0 bridgehead atoms. The van der Waals surface area contributed by atoms with E-state index in [1.807, 2.05) is 0 Å². The molecule has 0 aliphatic carbocycles. The van der Waals surface area contributed by atoms with Crippen LogP contribution in [0.4, 0.5) is 17.6 Å². The van der Waals surface area contributed by atoms with Gasteiger partial charge < -0.3 is 5.11 Å². The number of rotatable bonds is 4. The highest BCUT2D eigenvalue weighted by molar-refractivity contribution is 5.96. The molecule has 0 radical (unpaired) electrons. The van der Waals surface area contributed by atoms with Crippen LogP contribution in [-0.2, 0) is 6.18 Å². The lowest BCUT2D eigenvalue weighted by Crippen LogP contribution is -2.09. The molecule has 1 rings (SSSR count). The molecule has 1 N–H and O–H groups in total. The van der Waals surface area contributed by atoms with E-state index in [-0.39, 0.29) is 25.0 Å². The number of halogens is 4. The smallest absolute Gasteiger partial charge is 0.396 e. The second kappa shape index (κ2) is 5.27. The van der Waals surface area contributed by atoms with Crippen LogP contribution >= 0.6 is 0 Å². The molecule has 17 heavy (non-hydrogen) atoms. The van der Waals surface area contributed by atoms with Crippen molar-refractivity contribution in [3.05, 3.63) is 35.1 Å². The summed E-state index contributed by atoms with van der Waals surface area (Å²) in [6.45, 7) is -0.200. The molecular formula is C11H10F4O2. The molecule has 1 aromatic rings. The average molecular weight is 250 g/mol. The molecular weight excluding hydrogens is 240 g/mol. The number of hydrogen-bond acceptors (Lipinski definition) is 2. The van der Waals surface area contributed by atoms with Gasteiger partial charge in [-0.2, -0.15) is 13.2 Å². The van der Waals surface area contributed by atoms with Crippen LogP contribution in [0, 0.1) is 5.82 Å². The van der Waals surface area contributed by atoms with E-state index in [9.17, 15) is 22.4 Å². The van der Waals surface area contributed by atoms with Gasteiger partial charge in [-0.15, -0.1) is 0 Å². The first kappa shape index (κ1) is 13.6. The Bertz CT molecular complexity index is 412. The van der Waals surface area contributed by atoms with Crippen molar-refractivity contribution in [3.63, 3.8) is 0 Å². The standard InChI is InChI=1S/C11H10F4O2/c12-9-6-7(10(17)2-1-5-16)3-4-8(9)11(13,14)15/h3-4,6,16H,1-2,5H2. The highest BCUT2D eigenvalue weighted by Crippen LogP contribution is 2.31. The van der Waals surface area contributed by atoms with E-state index in [1.54, 1.807) is 0 Å². The topological polar surface area (TPSA) is 37.3 Å². The summed E-state index contributed by atoms with van der Waals surface area (Å²) >= 11 is 0. The van der Waals surface area contributed by atoms with Gasteiger partial charge in [0.2, 0.25) is 0 Å². The molecule has 0 aliphatic rings. The van der Waals surface area contributed by atoms with Gasteiger partial charge in [0.1, 0.15) is 5.82 Å². The van der Waals surface area contributed by atoms with Gasteiger partial charge in [-0.1, -0.05) is 6.07 Å². The number of ketones is 1. The molecule has 0 aliphatic heterocycles. The summed E-state index contributed by atoms with van der Waals surface area (Å²) in [6.07, 6.45) is -4.60. The Morgan fingerprint density at radius 1 is 1.29 bits per heavy atom. The molecule has 0 heterocycles. The predicted octanol–water partition coefficient (Wildman–Crippen LogP) is 2.80. The van der Waals surface area contributed by atoms with Crippen LogP contribution in [0.15, 0.2) is 18.2 Å². The van der Waals surface area contributed by atoms with Gasteiger partial charge in [-0.05, 0) is 18.6 Å². The largest absolute Gasteiger partial charge is 0.419 e. The molecule has 2 nitrogen and oxygen atoms in total. The molecule has 0 spiro atoms. The second-order valence-electron chi connectivity index (χ2n) is 3.44. The van der Waals surface area contributed by atoms with Gasteiger partial charge in [0.25, 0.3) is 0 Å². The third-order valence-electron chi connectivity index (χ3n) is 2.16. The Labute approximate surface area is 94.9 Å². The van der Waals surface area contributed by atoms with Crippen LogP contribution in [0.3, 0.4) is 0 Å². The van der Waals surface area contributed by atoms with E-state index in [0.717, 1.165) is 6.07 Å². The first-order valence-electron chi connectivity index (χ1n) is 4.87. The quantitative estimate of drug-likeness (QED) is 0.659. The van der Waals surface area contributed by atoms with Crippen LogP contribution in [0.1, 0.15) is 28.8 Å². The molecule has 0 saturated heterocycles. The van der Waals surface area contributed by atoms with E-state index in [2.05, 4.69) is 0 Å². The fraction of sp³-hybridized carbons (Fsp3) is 0.364. The minimum Gasteiger partial charge on any atom is -0.396 e. The number of Topliss-reactive ketones (excluding diaryl/α,β-unsaturated/α-hetero) is 1. The molecule has 0 fully saturated rings. The lowest BCUT2D eigenvalue weighted by atomic mass is 10.0. The molecule has 6 heteroatoms. The van der Waals surface area contributed by atoms with Crippen molar-refractivity contribution in [1.82, 2.24) is 0 Å². The maximum Gasteiger partial charge on any atom is 0.419 e. The van der Waals surface area contributed by atoms with Gasteiger partial charge in [0.15, 0.2) is 5.78 Å². The van der Waals surface area contributed by atoms with E-state index >= 15 is 0 Å². The second-order valence-corrected chi connectivity index (χ2v) is 3.44. The number of alkyl halides is 3. The SMILES string of the molecule is O=C(CCCO)c1ccc(C(F)(F)F)c(F)c1. The zero-order valence-corrected chi connectivity index (χ0v) is 8.72. The van der Waals surface area contributed by atoms with Crippen molar-refractivity contribution < 1.29 is 27.5 Å². The Kier molecular flexibility index (Phi) is 4.22. The number of carbonyl (C=O) groups excluding carboxylic acids is 1. The van der Waals surface area contributed by atoms with Crippen LogP contribution in [0.5, 0.6) is 0 Å². The maximum absolute atomic E-state index is 13.1. The Balaban J connectivity index is 2.93. The molecule has 0 unspecified atom stereocenters. The van der Waals surface area contributed by atoms with Crippen molar-refractivity contribution in [2.45, 2.75) is 19.0 Å². The molecule has 0 aromatic heterocycles. The van der Waals surface area contributed by atoms with Gasteiger partial charge in [0, 0.05) is 18.6 Å². The summed E-state index contributed by atoms with van der Waals surface area (Å²) in [7, 11) is 0. The summed E-state index contributed by atoms with van der Waals surface area (Å²) in [6, 6.07) is 2.05. The van der Waals surface area contributed by atoms with Crippen molar-refractivity contribution in [3.8, 4) is 0 Å². The predicted molar refractivity (Wildman–Crippen MR) is 52.1 cm³/mol. The fourth-order valence-electron chi connectivity index (χ4n) is 1.30. The molecule has 0 amide bonds. The number of carbonyl (C=O) groups is 1. The van der Waals surface area contributed by atoms with E-state index in [1.165, 1.54) is 0 Å². The Morgan fingerprint density at radius 2 is 1.94 bits per heavy atom. The zero-order valence-electron chi connectivity index (χ0n) is 8.72. The first-order valence-corrected chi connectivity index (χ1v) is 4.87. The zero-order chi connectivity index (χ0) is 13.1. The summed E-state index contributed by atoms with van der Waals surface area (Å²) in [5.41, 5.74) is -1.51. The van der Waals surface area contributed by atoms with Crippen LogP contribution in [0.25, 0.3) is 0 Å². The van der Waals surface area contributed by atoms with E-state index < -0.39 is 23.3 Å². The van der Waals surface area contributed by atoms with Crippen molar-refractivity contribution in [2.75, 3.05) is 6.61 Å². The number of aliphatic hydroxyl groups is 1. The summed E-state index contributed by atoms with van der Waals surface area (Å²) in [5.74, 6) is -1.96. The Hall–Kier alpha value is -1.43. The lowest BCUT2D eigenvalue weighted by Gasteiger charge is -2.08. The molecule has 0 saturated carbocycles. The summed E-state index contributed by atoms with van der Waals surface area (Å²) < 4.78 is 49.8. The normalized spacial score (nSPS) is 11.6. The molecule has 1 aromatic carbocycles. The summed E-state index contributed by atoms with van der Waals surface area (Å²) in [5, 5.41) is 8.49. The minimum absolute atomic E-state index is 0.0265. The van der Waals surface area contributed by atoms with Crippen molar-refractivity contribution in [1.29, 1.82) is 0 Å². The van der Waals surface area contributed by atoms with Crippen LogP contribution in [-0.4, -0.2) is 17.5 Å². The van der Waals surface area contributed by atoms with Gasteiger partial charge >= 0.3 is 6.18 Å². The number of hydrogen-bond donors (Lipinski definition) is 1. The Morgan fingerprint density at radius 3 is 2.41 bits per heavy atom. The fourth-order valence-corrected chi connectivity index (χ4v) is 1.30.